The summed E-state index contributed by atoms with van der Waals surface area (Å²) in [6, 6.07) is 0. The van der Waals surface area contributed by atoms with Gasteiger partial charge in [-0.15, -0.1) is 0 Å². The fourth-order valence-electron chi connectivity index (χ4n) is 0.293. The molecule has 1 radical (unpaired) electrons. The summed E-state index contributed by atoms with van der Waals surface area (Å²) in [6.07, 6.45) is 0. The van der Waals surface area contributed by atoms with E-state index in [2.05, 4.69) is 0 Å². The van der Waals surface area contributed by atoms with Crippen molar-refractivity contribution < 1.29 is 18.6 Å². The van der Waals surface area contributed by atoms with Gasteiger partial charge in [-0.3, -0.25) is 0 Å². The van der Waals surface area contributed by atoms with E-state index in [9.17, 15) is 13.5 Å². The number of sulfone groups is 1. The average molecular weight is 153 g/mol. The largest absolute Gasteiger partial charge is 0.395 e. The van der Waals surface area contributed by atoms with E-state index in [1.165, 1.54) is 0 Å². The zero-order chi connectivity index (χ0) is 7.49. The summed E-state index contributed by atoms with van der Waals surface area (Å²) in [4.78, 5) is 0. The van der Waals surface area contributed by atoms with Crippen LogP contribution in [0.25, 0.3) is 0 Å². The molecule has 0 spiro atoms. The lowest BCUT2D eigenvalue weighted by Gasteiger charge is -2.00. The fourth-order valence-corrected chi connectivity index (χ4v) is 0.880. The Morgan fingerprint density at radius 1 is 1.56 bits per heavy atom. The van der Waals surface area contributed by atoms with Gasteiger partial charge in [-0.1, -0.05) is 0 Å². The first-order chi connectivity index (χ1) is 4.00. The normalized spacial score (nSPS) is 15.4. The molecule has 1 N–H and O–H groups in total. The van der Waals surface area contributed by atoms with E-state index >= 15 is 0 Å². The number of aliphatic hydroxyl groups excluding tert-OH is 1. The van der Waals surface area contributed by atoms with Crippen molar-refractivity contribution in [2.45, 2.75) is 12.4 Å². The van der Waals surface area contributed by atoms with E-state index in [0.29, 0.717) is 0 Å². The van der Waals surface area contributed by atoms with Crippen LogP contribution in [0.2, 0.25) is 0 Å². The van der Waals surface area contributed by atoms with Crippen LogP contribution in [0.5, 0.6) is 0 Å². The molecule has 9 heavy (non-hydrogen) atoms. The van der Waals surface area contributed by atoms with Crippen LogP contribution >= 0.6 is 0 Å². The third-order valence-corrected chi connectivity index (χ3v) is 2.64. The Morgan fingerprint density at radius 2 is 2.00 bits per heavy atom. The molecule has 0 heterocycles. The minimum atomic E-state index is -3.55. The fraction of sp³-hybridized carbons (Fsp3) is 1.00. The van der Waals surface area contributed by atoms with Gasteiger partial charge in [0.05, 0.1) is 12.4 Å². The maximum atomic E-state index is 10.5. The van der Waals surface area contributed by atoms with E-state index in [1.807, 2.05) is 0 Å². The molecule has 0 aromatic carbocycles. The predicted octanol–water partition coefficient (Wildman–Crippen LogP) is -0.830. The van der Waals surface area contributed by atoms with Crippen molar-refractivity contribution in [3.05, 3.63) is 0 Å². The highest BCUT2D eigenvalue weighted by atomic mass is 32.2. The zero-order valence-electron chi connectivity index (χ0n) is 5.07. The molecular weight excluding hydrogens is 144 g/mol. The number of hydrogen-bond acceptors (Lipinski definition) is 3. The Morgan fingerprint density at radius 3 is 2.11 bits per heavy atom. The van der Waals surface area contributed by atoms with E-state index < -0.39 is 27.6 Å². The molecule has 55 valence electrons. The summed E-state index contributed by atoms with van der Waals surface area (Å²) in [5, 5.41) is 18.4. The molecule has 0 rings (SSSR count). The maximum Gasteiger partial charge on any atom is 0.191 e. The second-order valence-electron chi connectivity index (χ2n) is 1.66. The molecule has 0 aromatic heterocycles. The van der Waals surface area contributed by atoms with Crippen molar-refractivity contribution in [2.75, 3.05) is 12.4 Å². The van der Waals surface area contributed by atoms with Gasteiger partial charge < -0.3 is 5.11 Å². The molecule has 0 bridgehead atoms. The minimum Gasteiger partial charge on any atom is -0.395 e. The minimum absolute atomic E-state index is 0.433. The monoisotopic (exact) mass is 153 g/mol. The summed E-state index contributed by atoms with van der Waals surface area (Å²) in [5.74, 6) is -0.433. The number of aliphatic hydroxyl groups is 1. The average Bonchev–Trinajstić information content (AvgIpc) is 1.65. The lowest BCUT2D eigenvalue weighted by atomic mass is 10.9. The summed E-state index contributed by atoms with van der Waals surface area (Å²) in [7, 11) is -3.55. The summed E-state index contributed by atoms with van der Waals surface area (Å²) in [5.41, 5.74) is -1.62. The molecule has 1 atom stereocenters. The predicted molar refractivity (Wildman–Crippen MR) is 31.0 cm³/mol. The SMILES string of the molecule is CC([O])S(=O)(=O)CCO. The molecule has 4 nitrogen and oxygen atoms in total. The van der Waals surface area contributed by atoms with Crippen molar-refractivity contribution in [1.82, 2.24) is 0 Å². The molecule has 0 aromatic rings. The van der Waals surface area contributed by atoms with E-state index in [4.69, 9.17) is 5.11 Å². The Kier molecular flexibility index (Phi) is 3.10. The second-order valence-corrected chi connectivity index (χ2v) is 4.06. The molecule has 0 saturated carbocycles. The number of rotatable bonds is 3. The Labute approximate surface area is 54.0 Å². The standard InChI is InChI=1S/C4H9O4S/c1-4(6)9(7,8)3-2-5/h4-5H,2-3H2,1H3. The van der Waals surface area contributed by atoms with Crippen molar-refractivity contribution in [3.8, 4) is 0 Å². The third kappa shape index (κ3) is 2.78. The molecular formula is C4H9O4S. The Balaban J connectivity index is 4.05. The van der Waals surface area contributed by atoms with Gasteiger partial charge >= 0.3 is 0 Å². The summed E-state index contributed by atoms with van der Waals surface area (Å²) >= 11 is 0. The van der Waals surface area contributed by atoms with Crippen LogP contribution in [0.4, 0.5) is 0 Å². The highest BCUT2D eigenvalue weighted by Gasteiger charge is 2.17. The number of hydrogen-bond donors (Lipinski definition) is 1. The van der Waals surface area contributed by atoms with E-state index in [0.717, 1.165) is 6.92 Å². The Hall–Kier alpha value is -0.130. The van der Waals surface area contributed by atoms with Crippen LogP contribution in [0.15, 0.2) is 0 Å². The zero-order valence-corrected chi connectivity index (χ0v) is 5.89. The molecule has 1 unspecified atom stereocenters. The van der Waals surface area contributed by atoms with Gasteiger partial charge in [-0.25, -0.2) is 13.5 Å². The topological polar surface area (TPSA) is 74.3 Å². The first-order valence-corrected chi connectivity index (χ1v) is 4.20. The molecule has 0 saturated heterocycles. The summed E-state index contributed by atoms with van der Waals surface area (Å²) < 4.78 is 20.9. The molecule has 0 aliphatic carbocycles. The van der Waals surface area contributed by atoms with Gasteiger partial charge in [-0.05, 0) is 6.92 Å². The van der Waals surface area contributed by atoms with Crippen LogP contribution in [-0.2, 0) is 14.9 Å². The third-order valence-electron chi connectivity index (χ3n) is 0.882. The van der Waals surface area contributed by atoms with Crippen molar-refractivity contribution >= 4 is 9.84 Å². The summed E-state index contributed by atoms with van der Waals surface area (Å²) in [6.45, 7) is 0.569. The van der Waals surface area contributed by atoms with Gasteiger partial charge in [0.2, 0.25) is 0 Å². The van der Waals surface area contributed by atoms with Gasteiger partial charge in [0.15, 0.2) is 15.3 Å². The smallest absolute Gasteiger partial charge is 0.191 e. The lowest BCUT2D eigenvalue weighted by molar-refractivity contribution is 0.169. The highest BCUT2D eigenvalue weighted by Crippen LogP contribution is 1.96. The first kappa shape index (κ1) is 8.87. The second kappa shape index (κ2) is 3.14. The molecule has 0 amide bonds. The molecule has 5 heteroatoms. The Bertz CT molecular complexity index is 157. The first-order valence-electron chi connectivity index (χ1n) is 2.49. The maximum absolute atomic E-state index is 10.5. The molecule has 0 fully saturated rings. The van der Waals surface area contributed by atoms with Crippen LogP contribution in [-0.4, -0.2) is 31.3 Å². The van der Waals surface area contributed by atoms with Gasteiger partial charge in [0.1, 0.15) is 0 Å². The van der Waals surface area contributed by atoms with Crippen molar-refractivity contribution in [3.63, 3.8) is 0 Å². The van der Waals surface area contributed by atoms with Gasteiger partial charge in [-0.2, -0.15) is 0 Å². The van der Waals surface area contributed by atoms with Crippen LogP contribution in [0, 0.1) is 0 Å². The highest BCUT2D eigenvalue weighted by molar-refractivity contribution is 7.91. The van der Waals surface area contributed by atoms with Gasteiger partial charge in [0.25, 0.3) is 0 Å². The van der Waals surface area contributed by atoms with Crippen LogP contribution < -0.4 is 0 Å². The van der Waals surface area contributed by atoms with Crippen molar-refractivity contribution in [2.24, 2.45) is 0 Å². The molecule has 0 aliphatic rings. The quantitative estimate of drug-likeness (QED) is 0.575. The van der Waals surface area contributed by atoms with Crippen molar-refractivity contribution in [1.29, 1.82) is 0 Å². The van der Waals surface area contributed by atoms with Gasteiger partial charge in [0, 0.05) is 0 Å². The van der Waals surface area contributed by atoms with E-state index in [-0.39, 0.29) is 0 Å². The molecule has 0 aliphatic heterocycles. The van der Waals surface area contributed by atoms with E-state index in [1.54, 1.807) is 0 Å². The van der Waals surface area contributed by atoms with Crippen LogP contribution in [0.1, 0.15) is 6.92 Å². The van der Waals surface area contributed by atoms with Crippen LogP contribution in [0.3, 0.4) is 0 Å². The lowest BCUT2D eigenvalue weighted by Crippen LogP contribution is -2.20.